The molecule has 0 bridgehead atoms. The van der Waals surface area contributed by atoms with Gasteiger partial charge in [0.1, 0.15) is 24.1 Å². The van der Waals surface area contributed by atoms with Gasteiger partial charge in [0.05, 0.1) is 19.4 Å². The maximum Gasteiger partial charge on any atom is 0.358 e. The summed E-state index contributed by atoms with van der Waals surface area (Å²) < 4.78 is 60.1. The zero-order valence-corrected chi connectivity index (χ0v) is 31.4. The number of benzene rings is 2. The fraction of sp³-hybridized carbons (Fsp3) is 0.567. The largest absolute Gasteiger partial charge is 0.491 e. The van der Waals surface area contributed by atoms with Crippen LogP contribution in [-0.2, 0) is 45.5 Å². The highest BCUT2D eigenvalue weighted by molar-refractivity contribution is 8.04. The summed E-state index contributed by atoms with van der Waals surface area (Å²) in [6.45, 7) is 7.40. The van der Waals surface area contributed by atoms with E-state index in [1.807, 2.05) is 69.4 Å². The first kappa shape index (κ1) is 39.5. The Hall–Kier alpha value is -1.71. The first-order chi connectivity index (χ1) is 21.3. The minimum atomic E-state index is -3.40. The quantitative estimate of drug-likeness (QED) is 0.0718. The van der Waals surface area contributed by atoms with Crippen LogP contribution >= 0.6 is 22.0 Å². The van der Waals surface area contributed by atoms with Crippen LogP contribution in [-0.4, -0.2) is 81.9 Å². The van der Waals surface area contributed by atoms with Gasteiger partial charge in [-0.25, -0.2) is 0 Å². The van der Waals surface area contributed by atoms with E-state index in [1.165, 1.54) is 28.4 Å². The summed E-state index contributed by atoms with van der Waals surface area (Å²) in [4.78, 5) is 1.70. The molecule has 0 radical (unpaired) electrons. The monoisotopic (exact) mass is 704 g/mol. The van der Waals surface area contributed by atoms with Crippen molar-refractivity contribution in [3.05, 3.63) is 59.7 Å². The van der Waals surface area contributed by atoms with Gasteiger partial charge in [-0.15, -0.1) is 9.88 Å². The van der Waals surface area contributed by atoms with Crippen LogP contribution in [0.1, 0.15) is 51.7 Å². The molecule has 0 aliphatic rings. The van der Waals surface area contributed by atoms with Gasteiger partial charge >= 0.3 is 22.0 Å². The summed E-state index contributed by atoms with van der Waals surface area (Å²) in [5, 5.41) is 3.99. The standard InChI is InChI=1S/C30H49N3O8P3S/c1-10-25(3)40-28-16-14-27(15-17-28)22-31-32(5)42(45)30(4,11-2)41-29-18-12-26(13-19-29)20-21-33(23-43(34,36-6)37-7)24-44(35,38-8)39-9/h12-19,22,25H,10-11,20-21,23-24H2,1-9H3/q+1/b31-22+/t25?,30-/m0/s1. The molecule has 0 amide bonds. The second-order valence-electron chi connectivity index (χ2n) is 10.6. The molecule has 11 nitrogen and oxygen atoms in total. The topological polar surface area (TPSA) is 108 Å². The second kappa shape index (κ2) is 18.6. The fourth-order valence-corrected chi connectivity index (χ4v) is 8.24. The summed E-state index contributed by atoms with van der Waals surface area (Å²) in [6.07, 6.45) is 4.04. The number of hydrogen-bond acceptors (Lipinski definition) is 11. The number of ether oxygens (including phenoxy) is 2. The van der Waals surface area contributed by atoms with Crippen molar-refractivity contribution in [2.45, 2.75) is 58.4 Å². The summed E-state index contributed by atoms with van der Waals surface area (Å²) in [5.74, 6) is 1.53. The van der Waals surface area contributed by atoms with Crippen molar-refractivity contribution in [2.24, 2.45) is 5.10 Å². The molecule has 0 aliphatic carbocycles. The highest BCUT2D eigenvalue weighted by atomic mass is 32.4. The molecule has 0 saturated heterocycles. The first-order valence-corrected chi connectivity index (χ1v) is 20.5. The first-order valence-electron chi connectivity index (χ1n) is 14.7. The molecule has 15 heteroatoms. The van der Waals surface area contributed by atoms with Crippen LogP contribution in [0.2, 0.25) is 0 Å². The molecular weight excluding hydrogens is 655 g/mol. The normalized spacial score (nSPS) is 14.8. The minimum Gasteiger partial charge on any atom is -0.491 e. The van der Waals surface area contributed by atoms with Crippen LogP contribution < -0.4 is 9.47 Å². The van der Waals surface area contributed by atoms with Crippen LogP contribution in [0.5, 0.6) is 11.5 Å². The Morgan fingerprint density at radius 2 is 1.42 bits per heavy atom. The van der Waals surface area contributed by atoms with Crippen LogP contribution in [0.4, 0.5) is 0 Å². The fourth-order valence-electron chi connectivity index (χ4n) is 4.02. The molecule has 0 saturated carbocycles. The molecular formula is C30H49N3O8P3S+. The third-order valence-electron chi connectivity index (χ3n) is 7.33. The van der Waals surface area contributed by atoms with Crippen LogP contribution in [0, 0.1) is 0 Å². The molecule has 45 heavy (non-hydrogen) atoms. The Bertz CT molecular complexity index is 1290. The Morgan fingerprint density at radius 1 is 0.911 bits per heavy atom. The van der Waals surface area contributed by atoms with Gasteiger partial charge in [0.25, 0.3) is 5.34 Å². The van der Waals surface area contributed by atoms with Gasteiger partial charge in [-0.2, -0.15) is 0 Å². The van der Waals surface area contributed by atoms with E-state index in [0.717, 1.165) is 23.3 Å². The van der Waals surface area contributed by atoms with Crippen LogP contribution in [0.25, 0.3) is 0 Å². The zero-order chi connectivity index (χ0) is 33.7. The molecule has 252 valence electrons. The van der Waals surface area contributed by atoms with Crippen molar-refractivity contribution in [3.8, 4) is 11.5 Å². The van der Waals surface area contributed by atoms with Crippen molar-refractivity contribution in [3.63, 3.8) is 0 Å². The summed E-state index contributed by atoms with van der Waals surface area (Å²) in [6, 6.07) is 15.6. The average molecular weight is 705 g/mol. The van der Waals surface area contributed by atoms with E-state index in [1.54, 1.807) is 15.9 Å². The predicted octanol–water partition coefficient (Wildman–Crippen LogP) is 7.92. The molecule has 0 spiro atoms. The molecule has 2 unspecified atom stereocenters. The van der Waals surface area contributed by atoms with Crippen LogP contribution in [0.15, 0.2) is 53.6 Å². The molecule has 0 fully saturated rings. The number of nitrogens with zero attached hydrogens (tertiary/aromatic N) is 3. The lowest BCUT2D eigenvalue weighted by atomic mass is 10.1. The summed E-state index contributed by atoms with van der Waals surface area (Å²) >= 11 is 5.95. The molecule has 2 aromatic rings. The van der Waals surface area contributed by atoms with Crippen molar-refractivity contribution in [2.75, 3.05) is 54.6 Å². The van der Waals surface area contributed by atoms with E-state index in [0.29, 0.717) is 25.1 Å². The van der Waals surface area contributed by atoms with Gasteiger partial charge in [0.2, 0.25) is 0 Å². The van der Waals surface area contributed by atoms with Crippen LogP contribution in [0.3, 0.4) is 0 Å². The van der Waals surface area contributed by atoms with E-state index in [9.17, 15) is 9.13 Å². The lowest BCUT2D eigenvalue weighted by Crippen LogP contribution is -2.30. The van der Waals surface area contributed by atoms with Gasteiger partial charge in [0.15, 0.2) is 11.8 Å². The van der Waals surface area contributed by atoms with Gasteiger partial charge < -0.3 is 27.6 Å². The lowest BCUT2D eigenvalue weighted by Gasteiger charge is -2.28. The minimum absolute atomic E-state index is 0.0664. The number of hydrogen-bond donors (Lipinski definition) is 0. The van der Waals surface area contributed by atoms with E-state index in [-0.39, 0.29) is 18.7 Å². The molecule has 0 aromatic heterocycles. The summed E-state index contributed by atoms with van der Waals surface area (Å²) in [5.41, 5.74) is 1.95. The molecule has 0 aliphatic heterocycles. The number of hydrazone groups is 1. The van der Waals surface area contributed by atoms with Crippen molar-refractivity contribution < 1.29 is 36.7 Å². The third kappa shape index (κ3) is 12.4. The molecule has 3 atom stereocenters. The highest BCUT2D eigenvalue weighted by Gasteiger charge is 2.45. The Labute approximate surface area is 275 Å². The maximum absolute atomic E-state index is 12.8. The van der Waals surface area contributed by atoms with Crippen molar-refractivity contribution >= 4 is 40.1 Å². The van der Waals surface area contributed by atoms with Crippen molar-refractivity contribution in [1.82, 2.24) is 9.68 Å². The number of rotatable bonds is 21. The maximum atomic E-state index is 12.8. The average Bonchev–Trinajstić information content (AvgIpc) is 3.06. The van der Waals surface area contributed by atoms with E-state index >= 15 is 0 Å². The second-order valence-corrected chi connectivity index (χ2v) is 18.1. The van der Waals surface area contributed by atoms with E-state index in [4.69, 9.17) is 39.4 Å². The van der Waals surface area contributed by atoms with Gasteiger partial charge in [-0.3, -0.25) is 14.0 Å². The van der Waals surface area contributed by atoms with E-state index < -0.39 is 27.4 Å². The van der Waals surface area contributed by atoms with E-state index in [2.05, 4.69) is 18.9 Å². The molecule has 2 rings (SSSR count). The SMILES string of the molecule is CCC(C)Oc1ccc(/C=N/N(C)[P+](=S)[C@@](C)(CC)Oc2ccc(CCN(CP(=O)(OC)OC)CP(=O)(OC)OC)cc2)cc1. The molecule has 0 heterocycles. The van der Waals surface area contributed by atoms with Gasteiger partial charge in [0, 0.05) is 48.3 Å². The van der Waals surface area contributed by atoms with Crippen molar-refractivity contribution in [1.29, 1.82) is 0 Å². The molecule has 2 aromatic carbocycles. The zero-order valence-electron chi connectivity index (χ0n) is 27.9. The Morgan fingerprint density at radius 3 is 1.89 bits per heavy atom. The Kier molecular flexibility index (Phi) is 16.3. The lowest BCUT2D eigenvalue weighted by molar-refractivity contribution is 0.171. The predicted molar refractivity (Wildman–Crippen MR) is 186 cm³/mol. The third-order valence-corrected chi connectivity index (χ3v) is 14.8. The Balaban J connectivity index is 2.07. The van der Waals surface area contributed by atoms with Gasteiger partial charge in [-0.05, 0) is 67.3 Å². The molecule has 0 N–H and O–H groups in total. The van der Waals surface area contributed by atoms with Gasteiger partial charge in [-0.1, -0.05) is 26.0 Å². The highest BCUT2D eigenvalue weighted by Crippen LogP contribution is 2.51. The summed E-state index contributed by atoms with van der Waals surface area (Å²) in [7, 11) is 0.345. The smallest absolute Gasteiger partial charge is 0.358 e.